The summed E-state index contributed by atoms with van der Waals surface area (Å²) in [6, 6.07) is 10.00. The number of nitrogens with zero attached hydrogens (tertiary/aromatic N) is 1. The molecule has 0 aliphatic heterocycles. The van der Waals surface area contributed by atoms with E-state index in [2.05, 4.69) is 23.7 Å². The van der Waals surface area contributed by atoms with E-state index in [4.69, 9.17) is 0 Å². The Kier molecular flexibility index (Phi) is 5.39. The quantitative estimate of drug-likeness (QED) is 0.880. The van der Waals surface area contributed by atoms with Gasteiger partial charge in [-0.1, -0.05) is 6.07 Å². The number of amides is 1. The Balaban J connectivity index is 2.00. The van der Waals surface area contributed by atoms with Gasteiger partial charge in [0.2, 0.25) is 0 Å². The van der Waals surface area contributed by atoms with E-state index in [1.807, 2.05) is 38.2 Å². The van der Waals surface area contributed by atoms with Crippen molar-refractivity contribution in [1.82, 2.24) is 4.90 Å². The smallest absolute Gasteiger partial charge is 0.253 e. The molecule has 1 heterocycles. The Morgan fingerprint density at radius 2 is 2.14 bits per heavy atom. The second kappa shape index (κ2) is 7.27. The zero-order valence-corrected chi connectivity index (χ0v) is 13.7. The molecular weight excluding hydrogens is 280 g/mol. The number of hydrogen-bond acceptors (Lipinski definition) is 3. The summed E-state index contributed by atoms with van der Waals surface area (Å²) in [6.07, 6.45) is 0.911. The Morgan fingerprint density at radius 1 is 1.33 bits per heavy atom. The van der Waals surface area contributed by atoms with Crippen LogP contribution in [0.1, 0.15) is 27.7 Å². The minimum Gasteiger partial charge on any atom is -0.385 e. The molecule has 4 heteroatoms. The molecular formula is C17H22N2OS. The molecule has 0 radical (unpaired) electrons. The van der Waals surface area contributed by atoms with Gasteiger partial charge in [-0.2, -0.15) is 0 Å². The number of anilines is 1. The molecule has 0 fully saturated rings. The van der Waals surface area contributed by atoms with Crippen LogP contribution in [0.5, 0.6) is 0 Å². The number of aryl methyl sites for hydroxylation is 1. The van der Waals surface area contributed by atoms with Crippen LogP contribution in [0, 0.1) is 6.92 Å². The van der Waals surface area contributed by atoms with Gasteiger partial charge in [0.1, 0.15) is 0 Å². The van der Waals surface area contributed by atoms with E-state index in [-0.39, 0.29) is 5.91 Å². The van der Waals surface area contributed by atoms with Crippen LogP contribution < -0.4 is 5.32 Å². The van der Waals surface area contributed by atoms with Crippen LogP contribution in [0.4, 0.5) is 5.69 Å². The standard InChI is InChI=1S/C17H22N2OS/c1-4-18-16-8-7-14(12-13(16)2)17(20)19(3)10-9-15-6-5-11-21-15/h5-8,11-12,18H,4,9-10H2,1-3H3. The van der Waals surface area contributed by atoms with Gasteiger partial charge in [0.05, 0.1) is 0 Å². The van der Waals surface area contributed by atoms with Crippen molar-refractivity contribution >= 4 is 22.9 Å². The van der Waals surface area contributed by atoms with Crippen molar-refractivity contribution in [1.29, 1.82) is 0 Å². The summed E-state index contributed by atoms with van der Waals surface area (Å²) in [5.41, 5.74) is 2.95. The molecule has 0 atom stereocenters. The van der Waals surface area contributed by atoms with Crippen LogP contribution in [0.15, 0.2) is 35.7 Å². The molecule has 1 N–H and O–H groups in total. The van der Waals surface area contributed by atoms with Gasteiger partial charge in [0.25, 0.3) is 5.91 Å². The number of rotatable bonds is 6. The van der Waals surface area contributed by atoms with E-state index in [0.717, 1.165) is 36.3 Å². The van der Waals surface area contributed by atoms with Gasteiger partial charge >= 0.3 is 0 Å². The van der Waals surface area contributed by atoms with Crippen LogP contribution >= 0.6 is 11.3 Å². The number of thiophene rings is 1. The molecule has 3 nitrogen and oxygen atoms in total. The molecule has 2 aromatic rings. The number of hydrogen-bond donors (Lipinski definition) is 1. The minimum absolute atomic E-state index is 0.0812. The summed E-state index contributed by atoms with van der Waals surface area (Å²) in [7, 11) is 1.86. The van der Waals surface area contributed by atoms with Gasteiger partial charge in [-0.15, -0.1) is 11.3 Å². The first-order chi connectivity index (χ1) is 10.1. The topological polar surface area (TPSA) is 32.3 Å². The molecule has 2 rings (SSSR count). The lowest BCUT2D eigenvalue weighted by Crippen LogP contribution is -2.28. The molecule has 0 bridgehead atoms. The molecule has 0 saturated heterocycles. The lowest BCUT2D eigenvalue weighted by Gasteiger charge is -2.18. The second-order valence-electron chi connectivity index (χ2n) is 5.12. The van der Waals surface area contributed by atoms with E-state index in [1.165, 1.54) is 4.88 Å². The Bertz CT molecular complexity index is 593. The molecule has 1 aromatic carbocycles. The van der Waals surface area contributed by atoms with E-state index in [1.54, 1.807) is 16.2 Å². The van der Waals surface area contributed by atoms with Gasteiger partial charge in [0, 0.05) is 36.3 Å². The van der Waals surface area contributed by atoms with Gasteiger partial charge in [0.15, 0.2) is 0 Å². The van der Waals surface area contributed by atoms with Gasteiger partial charge in [-0.05, 0) is 55.5 Å². The van der Waals surface area contributed by atoms with Gasteiger partial charge < -0.3 is 10.2 Å². The summed E-state index contributed by atoms with van der Waals surface area (Å²) in [4.78, 5) is 15.5. The Hall–Kier alpha value is -1.81. The largest absolute Gasteiger partial charge is 0.385 e. The van der Waals surface area contributed by atoms with Crippen LogP contribution in [0.2, 0.25) is 0 Å². The van der Waals surface area contributed by atoms with Crippen molar-refractivity contribution in [3.63, 3.8) is 0 Å². The normalized spacial score (nSPS) is 10.4. The summed E-state index contributed by atoms with van der Waals surface area (Å²) >= 11 is 1.74. The molecule has 0 saturated carbocycles. The highest BCUT2D eigenvalue weighted by molar-refractivity contribution is 7.09. The summed E-state index contributed by atoms with van der Waals surface area (Å²) in [5.74, 6) is 0.0812. The fraction of sp³-hybridized carbons (Fsp3) is 0.353. The predicted molar refractivity (Wildman–Crippen MR) is 90.3 cm³/mol. The third-order valence-corrected chi connectivity index (χ3v) is 4.40. The highest BCUT2D eigenvalue weighted by Gasteiger charge is 2.12. The molecule has 21 heavy (non-hydrogen) atoms. The van der Waals surface area contributed by atoms with Crippen LogP contribution in [0.3, 0.4) is 0 Å². The molecule has 1 amide bonds. The van der Waals surface area contributed by atoms with Crippen molar-refractivity contribution in [2.75, 3.05) is 25.5 Å². The highest BCUT2D eigenvalue weighted by Crippen LogP contribution is 2.17. The van der Waals surface area contributed by atoms with Crippen LogP contribution in [0.25, 0.3) is 0 Å². The number of likely N-dealkylation sites (N-methyl/N-ethyl adjacent to an activating group) is 1. The first-order valence-electron chi connectivity index (χ1n) is 7.24. The number of nitrogens with one attached hydrogen (secondary N) is 1. The van der Waals surface area contributed by atoms with Crippen LogP contribution in [-0.2, 0) is 6.42 Å². The summed E-state index contributed by atoms with van der Waals surface area (Å²) < 4.78 is 0. The fourth-order valence-electron chi connectivity index (χ4n) is 2.24. The van der Waals surface area contributed by atoms with Gasteiger partial charge in [-0.25, -0.2) is 0 Å². The molecule has 0 aliphatic carbocycles. The molecule has 1 aromatic heterocycles. The lowest BCUT2D eigenvalue weighted by molar-refractivity contribution is 0.0797. The van der Waals surface area contributed by atoms with Crippen molar-refractivity contribution < 1.29 is 4.79 Å². The third kappa shape index (κ3) is 4.08. The Morgan fingerprint density at radius 3 is 2.76 bits per heavy atom. The summed E-state index contributed by atoms with van der Waals surface area (Å²) in [6.45, 7) is 5.72. The summed E-state index contributed by atoms with van der Waals surface area (Å²) in [5, 5.41) is 5.36. The maximum atomic E-state index is 12.4. The molecule has 112 valence electrons. The average molecular weight is 302 g/mol. The first-order valence-corrected chi connectivity index (χ1v) is 8.12. The maximum absolute atomic E-state index is 12.4. The van der Waals surface area contributed by atoms with Crippen molar-refractivity contribution in [3.8, 4) is 0 Å². The maximum Gasteiger partial charge on any atom is 0.253 e. The predicted octanol–water partition coefficient (Wildman–Crippen LogP) is 3.80. The monoisotopic (exact) mass is 302 g/mol. The second-order valence-corrected chi connectivity index (χ2v) is 6.15. The first kappa shape index (κ1) is 15.6. The average Bonchev–Trinajstić information content (AvgIpc) is 2.99. The van der Waals surface area contributed by atoms with Crippen molar-refractivity contribution in [2.45, 2.75) is 20.3 Å². The van der Waals surface area contributed by atoms with Crippen molar-refractivity contribution in [3.05, 3.63) is 51.7 Å². The van der Waals surface area contributed by atoms with Crippen LogP contribution in [-0.4, -0.2) is 30.9 Å². The van der Waals surface area contributed by atoms with E-state index < -0.39 is 0 Å². The number of carbonyl (C=O) groups is 1. The SMILES string of the molecule is CCNc1ccc(C(=O)N(C)CCc2cccs2)cc1C. The minimum atomic E-state index is 0.0812. The zero-order valence-electron chi connectivity index (χ0n) is 12.8. The fourth-order valence-corrected chi connectivity index (χ4v) is 2.94. The number of benzene rings is 1. The number of carbonyl (C=O) groups excluding carboxylic acids is 1. The van der Waals surface area contributed by atoms with E-state index in [0.29, 0.717) is 0 Å². The van der Waals surface area contributed by atoms with E-state index in [9.17, 15) is 4.79 Å². The zero-order chi connectivity index (χ0) is 15.2. The molecule has 0 aliphatic rings. The van der Waals surface area contributed by atoms with Gasteiger partial charge in [-0.3, -0.25) is 4.79 Å². The van der Waals surface area contributed by atoms with Crippen molar-refractivity contribution in [2.24, 2.45) is 0 Å². The third-order valence-electron chi connectivity index (χ3n) is 3.46. The molecule has 0 unspecified atom stereocenters. The lowest BCUT2D eigenvalue weighted by atomic mass is 10.1. The highest BCUT2D eigenvalue weighted by atomic mass is 32.1. The molecule has 0 spiro atoms. The Labute approximate surface area is 130 Å². The van der Waals surface area contributed by atoms with E-state index >= 15 is 0 Å².